The van der Waals surface area contributed by atoms with Crippen molar-refractivity contribution in [3.63, 3.8) is 0 Å². The van der Waals surface area contributed by atoms with Gasteiger partial charge >= 0.3 is 5.97 Å². The highest BCUT2D eigenvalue weighted by Crippen LogP contribution is 2.16. The van der Waals surface area contributed by atoms with Crippen molar-refractivity contribution in [3.05, 3.63) is 76.9 Å². The third-order valence-corrected chi connectivity index (χ3v) is 6.95. The number of ether oxygens (including phenoxy) is 1. The summed E-state index contributed by atoms with van der Waals surface area (Å²) < 4.78 is 26.4. The highest BCUT2D eigenvalue weighted by atomic mass is 32.2. The van der Waals surface area contributed by atoms with Crippen molar-refractivity contribution in [3.8, 4) is 11.8 Å². The smallest absolute Gasteiger partial charge is 0.305 e. The Morgan fingerprint density at radius 3 is 2.68 bits per heavy atom. The molecule has 2 heterocycles. The van der Waals surface area contributed by atoms with Crippen LogP contribution in [0, 0.1) is 18.8 Å². The maximum atomic E-state index is 12.7. The van der Waals surface area contributed by atoms with Crippen LogP contribution in [0.15, 0.2) is 57.6 Å². The number of nitrogens with two attached hydrogens (primary N) is 1. The average Bonchev–Trinajstić information content (AvgIpc) is 3.31. The van der Waals surface area contributed by atoms with Gasteiger partial charge in [0.1, 0.15) is 5.82 Å². The Bertz CT molecular complexity index is 1540. The summed E-state index contributed by atoms with van der Waals surface area (Å²) in [7, 11) is -1.50. The first-order valence-electron chi connectivity index (χ1n) is 11.6. The van der Waals surface area contributed by atoms with Crippen molar-refractivity contribution in [2.75, 3.05) is 30.2 Å². The third kappa shape index (κ3) is 8.04. The number of unbranched alkanes of at least 4 members (excludes halogenated alkanes) is 1. The predicted octanol–water partition coefficient (Wildman–Crippen LogP) is 3.80. The second-order valence-corrected chi connectivity index (χ2v) is 11.0. The molecule has 0 saturated heterocycles. The van der Waals surface area contributed by atoms with Crippen LogP contribution in [-0.4, -0.2) is 46.1 Å². The molecule has 38 heavy (non-hydrogen) atoms. The largest absolute Gasteiger partial charge is 0.469 e. The molecule has 0 spiro atoms. The number of nitrogens with zero attached hydrogens (tertiary/aromatic N) is 2. The number of benzene rings is 1. The Labute approximate surface area is 221 Å². The van der Waals surface area contributed by atoms with Gasteiger partial charge < -0.3 is 20.2 Å². The highest BCUT2D eigenvalue weighted by molar-refractivity contribution is 7.93. The van der Waals surface area contributed by atoms with Gasteiger partial charge in [0, 0.05) is 41.4 Å². The molecule has 3 rings (SSSR count). The molecule has 0 fully saturated rings. The molecule has 1 atom stereocenters. The Kier molecular flexibility index (Phi) is 9.40. The van der Waals surface area contributed by atoms with Gasteiger partial charge in [0.05, 0.1) is 34.2 Å². The molecule has 0 aliphatic rings. The average molecular weight is 537 g/mol. The number of carbonyl (C=O) groups is 3. The second kappa shape index (κ2) is 12.7. The van der Waals surface area contributed by atoms with Crippen LogP contribution in [0.2, 0.25) is 0 Å². The molecule has 198 valence electrons. The van der Waals surface area contributed by atoms with E-state index in [1.807, 2.05) is 0 Å². The minimum absolute atomic E-state index is 0.0995. The zero-order chi connectivity index (χ0) is 27.7. The number of carbonyl (C=O) groups excluding carboxylic acids is 3. The lowest BCUT2D eigenvalue weighted by molar-refractivity contribution is -0.140. The number of furan rings is 1. The molecular weight excluding hydrogens is 508 g/mol. The summed E-state index contributed by atoms with van der Waals surface area (Å²) in [5, 5.41) is 2.76. The maximum Gasteiger partial charge on any atom is 0.305 e. The molecule has 0 saturated carbocycles. The number of amides is 2. The summed E-state index contributed by atoms with van der Waals surface area (Å²) in [6.07, 6.45) is 5.25. The number of pyridine rings is 1. The Morgan fingerprint density at radius 1 is 1.18 bits per heavy atom. The monoisotopic (exact) mass is 536 g/mol. The normalized spacial score (nSPS) is 12.0. The van der Waals surface area contributed by atoms with E-state index < -0.39 is 15.6 Å². The molecule has 3 N–H and O–H groups in total. The number of anilines is 2. The molecular formula is C27H28N4O6S. The first-order chi connectivity index (χ1) is 18.1. The molecule has 3 aromatic rings. The first-order valence-corrected chi connectivity index (χ1v) is 13.7. The Hall–Kier alpha value is -4.43. The molecule has 0 radical (unpaired) electrons. The van der Waals surface area contributed by atoms with Crippen molar-refractivity contribution in [2.24, 2.45) is 4.36 Å². The molecule has 0 aliphatic heterocycles. The van der Waals surface area contributed by atoms with Gasteiger partial charge in [-0.25, -0.2) is 9.19 Å². The fraction of sp³-hybridized carbons (Fsp3) is 0.259. The Balaban J connectivity index is 1.72. The van der Waals surface area contributed by atoms with Crippen molar-refractivity contribution in [1.82, 2.24) is 4.98 Å². The maximum absolute atomic E-state index is 12.7. The van der Waals surface area contributed by atoms with E-state index in [0.29, 0.717) is 29.7 Å². The van der Waals surface area contributed by atoms with E-state index in [1.54, 1.807) is 37.3 Å². The van der Waals surface area contributed by atoms with E-state index >= 15 is 0 Å². The molecule has 11 heteroatoms. The number of nitrogen functional groups attached to an aromatic ring is 1. The lowest BCUT2D eigenvalue weighted by atomic mass is 10.1. The number of esters is 1. The molecule has 10 nitrogen and oxygen atoms in total. The van der Waals surface area contributed by atoms with Crippen LogP contribution < -0.4 is 11.1 Å². The van der Waals surface area contributed by atoms with Crippen molar-refractivity contribution in [2.45, 2.75) is 26.2 Å². The molecule has 2 amide bonds. The summed E-state index contributed by atoms with van der Waals surface area (Å²) in [6.45, 7) is 1.78. The number of aryl methyl sites for hydroxylation is 1. The van der Waals surface area contributed by atoms with Crippen LogP contribution in [0.3, 0.4) is 0 Å². The molecule has 1 aromatic carbocycles. The van der Waals surface area contributed by atoms with Gasteiger partial charge in [-0.1, -0.05) is 17.9 Å². The van der Waals surface area contributed by atoms with E-state index in [0.717, 1.165) is 5.56 Å². The van der Waals surface area contributed by atoms with E-state index in [2.05, 4.69) is 31.2 Å². The fourth-order valence-corrected chi connectivity index (χ4v) is 4.60. The molecule has 0 aliphatic carbocycles. The van der Waals surface area contributed by atoms with Crippen LogP contribution in [0.5, 0.6) is 0 Å². The van der Waals surface area contributed by atoms with E-state index in [9.17, 15) is 18.6 Å². The van der Waals surface area contributed by atoms with E-state index in [4.69, 9.17) is 10.2 Å². The van der Waals surface area contributed by atoms with Gasteiger partial charge in [0.15, 0.2) is 5.76 Å². The van der Waals surface area contributed by atoms with Gasteiger partial charge in [-0.15, -0.1) is 0 Å². The van der Waals surface area contributed by atoms with Crippen molar-refractivity contribution >= 4 is 39.0 Å². The quantitative estimate of drug-likeness (QED) is 0.250. The summed E-state index contributed by atoms with van der Waals surface area (Å²) in [5.74, 6) is 4.92. The van der Waals surface area contributed by atoms with Crippen LogP contribution in [0.4, 0.5) is 11.5 Å². The third-order valence-electron chi connectivity index (χ3n) is 5.35. The topological polar surface area (TPSA) is 154 Å². The first kappa shape index (κ1) is 28.1. The zero-order valence-electron chi connectivity index (χ0n) is 21.3. The van der Waals surface area contributed by atoms with Gasteiger partial charge in [0.25, 0.3) is 11.8 Å². The van der Waals surface area contributed by atoms with E-state index in [-0.39, 0.29) is 41.2 Å². The number of rotatable bonds is 8. The van der Waals surface area contributed by atoms with Crippen molar-refractivity contribution < 1.29 is 27.7 Å². The minimum atomic E-state index is -2.81. The number of methoxy groups -OCH3 is 1. The second-order valence-electron chi connectivity index (χ2n) is 8.47. The molecule has 0 unspecified atom stereocenters. The van der Waals surface area contributed by atoms with Gasteiger partial charge in [0.2, 0.25) is 0 Å². The number of hydrogen-bond donors (Lipinski definition) is 2. The Morgan fingerprint density at radius 2 is 1.97 bits per heavy atom. The van der Waals surface area contributed by atoms with Crippen molar-refractivity contribution in [1.29, 1.82) is 0 Å². The van der Waals surface area contributed by atoms with Crippen LogP contribution in [0.1, 0.15) is 56.9 Å². The lowest BCUT2D eigenvalue weighted by Crippen LogP contribution is -2.12. The lowest BCUT2D eigenvalue weighted by Gasteiger charge is -2.05. The minimum Gasteiger partial charge on any atom is -0.469 e. The number of aromatic nitrogens is 1. The van der Waals surface area contributed by atoms with Crippen LogP contribution in [0.25, 0.3) is 0 Å². The summed E-state index contributed by atoms with van der Waals surface area (Å²) in [4.78, 5) is 40.3. The fourth-order valence-electron chi connectivity index (χ4n) is 3.31. The predicted molar refractivity (Wildman–Crippen MR) is 144 cm³/mol. The standard InChI is InChI=1S/C27H28N4O6S/c1-18-12-13-37-24(18)27(34)30-22-8-6-7-19(15-22)10-11-20-16-21(17-29-25(20)28)26(33)31-38(3,35)14-5-4-9-23(32)36-2/h6-8,12-13,15-17H,4-5,9,14H2,1-3H3,(H2,28,29)(H,30,34)/t38-/m0/s1. The summed E-state index contributed by atoms with van der Waals surface area (Å²) in [6, 6.07) is 10.0. The highest BCUT2D eigenvalue weighted by Gasteiger charge is 2.14. The van der Waals surface area contributed by atoms with Gasteiger partial charge in [-0.3, -0.25) is 14.4 Å². The zero-order valence-corrected chi connectivity index (χ0v) is 22.1. The summed E-state index contributed by atoms with van der Waals surface area (Å²) >= 11 is 0. The van der Waals surface area contributed by atoms with Crippen LogP contribution >= 0.6 is 0 Å². The molecule has 0 bridgehead atoms. The van der Waals surface area contributed by atoms with E-state index in [1.165, 1.54) is 31.9 Å². The SMILES string of the molecule is COC(=O)CCCC[S@](C)(=O)=NC(=O)c1cnc(N)c(C#Cc2cccc(NC(=O)c3occc3C)c2)c1. The number of hydrogen-bond acceptors (Lipinski definition) is 8. The summed E-state index contributed by atoms with van der Waals surface area (Å²) in [5.41, 5.74) is 8.18. The number of nitrogens with one attached hydrogen (secondary N) is 1. The van der Waals surface area contributed by atoms with Crippen LogP contribution in [-0.2, 0) is 19.3 Å². The molecule has 2 aromatic heterocycles. The van der Waals surface area contributed by atoms with Gasteiger partial charge in [-0.2, -0.15) is 4.36 Å². The van der Waals surface area contributed by atoms with Gasteiger partial charge in [-0.05, 0) is 50.1 Å².